The first-order valence-electron chi connectivity index (χ1n) is 6.79. The van der Waals surface area contributed by atoms with E-state index in [1.165, 1.54) is 22.2 Å². The minimum Gasteiger partial charge on any atom is -0.357 e. The summed E-state index contributed by atoms with van der Waals surface area (Å²) in [6.45, 7) is 5.42. The number of aromatic nitrogens is 1. The zero-order valence-corrected chi connectivity index (χ0v) is 11.4. The van der Waals surface area contributed by atoms with Crippen molar-refractivity contribution in [3.8, 4) is 0 Å². The molecule has 2 heterocycles. The number of carbonyl (C=O) groups is 1. The van der Waals surface area contributed by atoms with Crippen LogP contribution in [0.25, 0.3) is 10.9 Å². The van der Waals surface area contributed by atoms with E-state index >= 15 is 0 Å². The number of nitrogens with zero attached hydrogens (tertiary/aromatic N) is 1. The van der Waals surface area contributed by atoms with Crippen LogP contribution in [0, 0.1) is 0 Å². The molecule has 0 spiro atoms. The molecular formula is C15H19N3O. The molecule has 0 radical (unpaired) electrons. The Labute approximate surface area is 112 Å². The Morgan fingerprint density at radius 1 is 1.37 bits per heavy atom. The van der Waals surface area contributed by atoms with Gasteiger partial charge in [-0.1, -0.05) is 18.2 Å². The molecule has 3 rings (SSSR count). The lowest BCUT2D eigenvalue weighted by atomic mass is 10.0. The van der Waals surface area contributed by atoms with E-state index in [1.54, 1.807) is 0 Å². The maximum absolute atomic E-state index is 12.0. The Bertz CT molecular complexity index is 615. The van der Waals surface area contributed by atoms with E-state index in [0.29, 0.717) is 6.54 Å². The molecule has 2 amide bonds. The van der Waals surface area contributed by atoms with Crippen LogP contribution in [0.3, 0.4) is 0 Å². The van der Waals surface area contributed by atoms with Crippen LogP contribution in [-0.2, 0) is 13.0 Å². The van der Waals surface area contributed by atoms with Crippen LogP contribution in [0.2, 0.25) is 0 Å². The number of H-pyrrole nitrogens is 1. The molecule has 1 aliphatic heterocycles. The third kappa shape index (κ3) is 2.18. The van der Waals surface area contributed by atoms with Crippen LogP contribution in [0.15, 0.2) is 24.3 Å². The molecule has 0 aliphatic carbocycles. The second-order valence-electron chi connectivity index (χ2n) is 5.40. The maximum Gasteiger partial charge on any atom is 0.317 e. The number of hydrogen-bond donors (Lipinski definition) is 2. The smallest absolute Gasteiger partial charge is 0.317 e. The number of carbonyl (C=O) groups excluding carboxylic acids is 1. The molecule has 4 nitrogen and oxygen atoms in total. The molecule has 0 fully saturated rings. The van der Waals surface area contributed by atoms with Gasteiger partial charge in [-0.2, -0.15) is 0 Å². The second-order valence-corrected chi connectivity index (χ2v) is 5.40. The normalized spacial score (nSPS) is 14.8. The molecule has 2 aromatic rings. The number of amides is 2. The third-order valence-corrected chi connectivity index (χ3v) is 3.58. The van der Waals surface area contributed by atoms with Crippen molar-refractivity contribution in [2.45, 2.75) is 32.9 Å². The Hall–Kier alpha value is -1.97. The predicted molar refractivity (Wildman–Crippen MR) is 76.1 cm³/mol. The van der Waals surface area contributed by atoms with Gasteiger partial charge in [0, 0.05) is 29.2 Å². The number of urea groups is 1. The summed E-state index contributed by atoms with van der Waals surface area (Å²) in [5.41, 5.74) is 3.70. The first kappa shape index (κ1) is 12.1. The number of rotatable bonds is 1. The van der Waals surface area contributed by atoms with E-state index in [9.17, 15) is 4.79 Å². The van der Waals surface area contributed by atoms with Crippen LogP contribution in [0.1, 0.15) is 25.1 Å². The third-order valence-electron chi connectivity index (χ3n) is 3.58. The van der Waals surface area contributed by atoms with Crippen molar-refractivity contribution in [3.05, 3.63) is 35.5 Å². The van der Waals surface area contributed by atoms with Crippen molar-refractivity contribution in [1.29, 1.82) is 0 Å². The van der Waals surface area contributed by atoms with Crippen molar-refractivity contribution >= 4 is 16.9 Å². The number of para-hydroxylation sites is 1. The zero-order valence-electron chi connectivity index (χ0n) is 11.4. The molecule has 1 aromatic carbocycles. The lowest BCUT2D eigenvalue weighted by Gasteiger charge is -2.28. The molecule has 0 saturated carbocycles. The van der Waals surface area contributed by atoms with Gasteiger partial charge in [0.25, 0.3) is 0 Å². The highest BCUT2D eigenvalue weighted by Crippen LogP contribution is 2.27. The minimum absolute atomic E-state index is 0.0271. The highest BCUT2D eigenvalue weighted by molar-refractivity contribution is 5.85. The molecule has 1 aliphatic rings. The molecule has 1 aromatic heterocycles. The van der Waals surface area contributed by atoms with Gasteiger partial charge < -0.3 is 15.2 Å². The standard InChI is InChI=1S/C15H19N3O/c1-10(2)16-15(19)18-8-7-12-11-5-3-4-6-13(11)17-14(12)9-18/h3-6,10,17H,7-9H2,1-2H3,(H,16,19). The van der Waals surface area contributed by atoms with Crippen molar-refractivity contribution in [1.82, 2.24) is 15.2 Å². The van der Waals surface area contributed by atoms with E-state index in [4.69, 9.17) is 0 Å². The van der Waals surface area contributed by atoms with Gasteiger partial charge in [-0.15, -0.1) is 0 Å². The first-order chi connectivity index (χ1) is 9.15. The number of nitrogens with one attached hydrogen (secondary N) is 2. The Kier molecular flexibility index (Phi) is 2.93. The van der Waals surface area contributed by atoms with Crippen LogP contribution in [-0.4, -0.2) is 28.5 Å². The number of benzene rings is 1. The van der Waals surface area contributed by atoms with Crippen LogP contribution < -0.4 is 5.32 Å². The number of aromatic amines is 1. The van der Waals surface area contributed by atoms with Gasteiger partial charge in [0.15, 0.2) is 0 Å². The number of fused-ring (bicyclic) bond motifs is 3. The van der Waals surface area contributed by atoms with E-state index < -0.39 is 0 Å². The second kappa shape index (κ2) is 4.61. The molecule has 0 unspecified atom stereocenters. The van der Waals surface area contributed by atoms with Gasteiger partial charge in [0.05, 0.1) is 6.54 Å². The summed E-state index contributed by atoms with van der Waals surface area (Å²) in [4.78, 5) is 17.3. The van der Waals surface area contributed by atoms with Gasteiger partial charge in [-0.25, -0.2) is 4.79 Å². The van der Waals surface area contributed by atoms with Crippen molar-refractivity contribution in [2.24, 2.45) is 0 Å². The quantitative estimate of drug-likeness (QED) is 0.810. The SMILES string of the molecule is CC(C)NC(=O)N1CCc2c([nH]c3ccccc23)C1. The highest BCUT2D eigenvalue weighted by Gasteiger charge is 2.23. The highest BCUT2D eigenvalue weighted by atomic mass is 16.2. The maximum atomic E-state index is 12.0. The number of hydrogen-bond acceptors (Lipinski definition) is 1. The van der Waals surface area contributed by atoms with Gasteiger partial charge in [-0.05, 0) is 31.9 Å². The monoisotopic (exact) mass is 257 g/mol. The average Bonchev–Trinajstić information content (AvgIpc) is 2.75. The molecule has 100 valence electrons. The topological polar surface area (TPSA) is 48.1 Å². The Balaban J connectivity index is 1.86. The van der Waals surface area contributed by atoms with Gasteiger partial charge in [-0.3, -0.25) is 0 Å². The predicted octanol–water partition coefficient (Wildman–Crippen LogP) is 2.64. The van der Waals surface area contributed by atoms with Crippen LogP contribution in [0.5, 0.6) is 0 Å². The minimum atomic E-state index is 0.0271. The Morgan fingerprint density at radius 3 is 2.95 bits per heavy atom. The fourth-order valence-corrected chi connectivity index (χ4v) is 2.70. The summed E-state index contributed by atoms with van der Waals surface area (Å²) in [7, 11) is 0. The molecule has 0 bridgehead atoms. The van der Waals surface area contributed by atoms with Crippen LogP contribution >= 0.6 is 0 Å². The largest absolute Gasteiger partial charge is 0.357 e. The van der Waals surface area contributed by atoms with E-state index in [0.717, 1.165) is 13.0 Å². The molecule has 0 atom stereocenters. The molecular weight excluding hydrogens is 238 g/mol. The fraction of sp³-hybridized carbons (Fsp3) is 0.400. The molecule has 2 N–H and O–H groups in total. The van der Waals surface area contributed by atoms with Gasteiger partial charge >= 0.3 is 6.03 Å². The zero-order chi connectivity index (χ0) is 13.4. The first-order valence-corrected chi connectivity index (χ1v) is 6.79. The van der Waals surface area contributed by atoms with E-state index in [2.05, 4.69) is 28.5 Å². The summed E-state index contributed by atoms with van der Waals surface area (Å²) in [5, 5.41) is 4.24. The Morgan fingerprint density at radius 2 is 2.16 bits per heavy atom. The van der Waals surface area contributed by atoms with Gasteiger partial charge in [0.1, 0.15) is 0 Å². The van der Waals surface area contributed by atoms with E-state index in [1.807, 2.05) is 24.8 Å². The van der Waals surface area contributed by atoms with Crippen molar-refractivity contribution in [3.63, 3.8) is 0 Å². The lowest BCUT2D eigenvalue weighted by Crippen LogP contribution is -2.45. The summed E-state index contributed by atoms with van der Waals surface area (Å²) in [6.07, 6.45) is 0.921. The van der Waals surface area contributed by atoms with Crippen LogP contribution in [0.4, 0.5) is 4.79 Å². The molecule has 0 saturated heterocycles. The van der Waals surface area contributed by atoms with Gasteiger partial charge in [0.2, 0.25) is 0 Å². The van der Waals surface area contributed by atoms with Crippen molar-refractivity contribution < 1.29 is 4.79 Å². The fourth-order valence-electron chi connectivity index (χ4n) is 2.70. The average molecular weight is 257 g/mol. The summed E-state index contributed by atoms with van der Waals surface area (Å²) >= 11 is 0. The summed E-state index contributed by atoms with van der Waals surface area (Å²) in [5.74, 6) is 0. The van der Waals surface area contributed by atoms with Crippen molar-refractivity contribution in [2.75, 3.05) is 6.54 Å². The summed E-state index contributed by atoms with van der Waals surface area (Å²) in [6, 6.07) is 8.54. The van der Waals surface area contributed by atoms with E-state index in [-0.39, 0.29) is 12.1 Å². The lowest BCUT2D eigenvalue weighted by molar-refractivity contribution is 0.189. The molecule has 19 heavy (non-hydrogen) atoms. The summed E-state index contributed by atoms with van der Waals surface area (Å²) < 4.78 is 0. The molecule has 4 heteroatoms.